The third-order valence-electron chi connectivity index (χ3n) is 1.62. The predicted octanol–water partition coefficient (Wildman–Crippen LogP) is 1.50. The van der Waals surface area contributed by atoms with Crippen molar-refractivity contribution in [3.63, 3.8) is 0 Å². The average molecular weight is 198 g/mol. The van der Waals surface area contributed by atoms with Crippen molar-refractivity contribution in [3.05, 3.63) is 24.1 Å². The minimum atomic E-state index is -0.929. The van der Waals surface area contributed by atoms with Crippen LogP contribution in [0, 0.1) is 5.82 Å². The number of carbonyl (C=O) groups is 1. The van der Waals surface area contributed by atoms with Gasteiger partial charge in [-0.3, -0.25) is 4.79 Å². The van der Waals surface area contributed by atoms with Crippen LogP contribution in [-0.4, -0.2) is 22.1 Å². The van der Waals surface area contributed by atoms with E-state index in [4.69, 9.17) is 5.11 Å². The predicted molar refractivity (Wildman–Crippen MR) is 49.5 cm³/mol. The van der Waals surface area contributed by atoms with E-state index in [1.165, 1.54) is 18.3 Å². The molecule has 14 heavy (non-hydrogen) atoms. The van der Waals surface area contributed by atoms with E-state index in [2.05, 4.69) is 10.3 Å². The molecule has 1 aromatic heterocycles. The van der Waals surface area contributed by atoms with E-state index in [0.29, 0.717) is 0 Å². The normalized spacial score (nSPS) is 12.1. The Bertz CT molecular complexity index is 330. The number of carboxylic acid groups (broad SMARTS) is 1. The van der Waals surface area contributed by atoms with Crippen LogP contribution >= 0.6 is 0 Å². The highest BCUT2D eigenvalue weighted by atomic mass is 19.1. The van der Waals surface area contributed by atoms with Crippen LogP contribution in [0.25, 0.3) is 0 Å². The van der Waals surface area contributed by atoms with Crippen LogP contribution < -0.4 is 5.32 Å². The van der Waals surface area contributed by atoms with Crippen LogP contribution in [0.2, 0.25) is 0 Å². The Labute approximate surface area is 80.8 Å². The van der Waals surface area contributed by atoms with Gasteiger partial charge in [-0.15, -0.1) is 0 Å². The molecule has 0 aromatic carbocycles. The second kappa shape index (κ2) is 4.55. The molecule has 1 heterocycles. The van der Waals surface area contributed by atoms with Gasteiger partial charge < -0.3 is 10.4 Å². The van der Waals surface area contributed by atoms with Gasteiger partial charge in [0.1, 0.15) is 0 Å². The Hall–Kier alpha value is -1.65. The maximum Gasteiger partial charge on any atom is 0.305 e. The summed E-state index contributed by atoms with van der Waals surface area (Å²) in [7, 11) is 0. The molecule has 0 saturated heterocycles. The largest absolute Gasteiger partial charge is 0.481 e. The maximum atomic E-state index is 13.0. The third-order valence-corrected chi connectivity index (χ3v) is 1.62. The van der Waals surface area contributed by atoms with E-state index in [1.807, 2.05) is 0 Å². The van der Waals surface area contributed by atoms with Gasteiger partial charge in [-0.25, -0.2) is 9.37 Å². The molecule has 5 heteroatoms. The number of carboxylic acids is 1. The summed E-state index contributed by atoms with van der Waals surface area (Å²) in [6.07, 6.45) is 1.37. The lowest BCUT2D eigenvalue weighted by Gasteiger charge is -2.12. The fourth-order valence-corrected chi connectivity index (χ4v) is 1.04. The van der Waals surface area contributed by atoms with E-state index in [9.17, 15) is 9.18 Å². The fraction of sp³-hybridized carbons (Fsp3) is 0.333. The van der Waals surface area contributed by atoms with Crippen LogP contribution in [0.5, 0.6) is 0 Å². The van der Waals surface area contributed by atoms with Gasteiger partial charge in [-0.2, -0.15) is 0 Å². The SMILES string of the molecule is CC(CC(=O)O)Nc1ncccc1F. The number of rotatable bonds is 4. The lowest BCUT2D eigenvalue weighted by molar-refractivity contribution is -0.137. The molecule has 1 atom stereocenters. The molecule has 0 radical (unpaired) electrons. The zero-order chi connectivity index (χ0) is 10.6. The number of hydrogen-bond donors (Lipinski definition) is 2. The highest BCUT2D eigenvalue weighted by Gasteiger charge is 2.09. The number of hydrogen-bond acceptors (Lipinski definition) is 3. The Kier molecular flexibility index (Phi) is 3.39. The number of pyridine rings is 1. The highest BCUT2D eigenvalue weighted by molar-refractivity contribution is 5.68. The first kappa shape index (κ1) is 10.4. The van der Waals surface area contributed by atoms with Gasteiger partial charge in [0, 0.05) is 12.2 Å². The summed E-state index contributed by atoms with van der Waals surface area (Å²) in [6.45, 7) is 1.66. The van der Waals surface area contributed by atoms with Gasteiger partial charge >= 0.3 is 5.97 Å². The molecule has 4 nitrogen and oxygen atoms in total. The Morgan fingerprint density at radius 3 is 3.07 bits per heavy atom. The van der Waals surface area contributed by atoms with E-state index < -0.39 is 11.8 Å². The molecule has 0 fully saturated rings. The molecule has 1 rings (SSSR count). The van der Waals surface area contributed by atoms with Gasteiger partial charge in [0.2, 0.25) is 0 Å². The van der Waals surface area contributed by atoms with E-state index in [0.717, 1.165) is 0 Å². The summed E-state index contributed by atoms with van der Waals surface area (Å²) in [5.41, 5.74) is 0. The highest BCUT2D eigenvalue weighted by Crippen LogP contribution is 2.10. The van der Waals surface area contributed by atoms with E-state index in [-0.39, 0.29) is 18.3 Å². The molecular weight excluding hydrogens is 187 g/mol. The molecule has 0 aliphatic rings. The lowest BCUT2D eigenvalue weighted by atomic mass is 10.2. The van der Waals surface area contributed by atoms with Gasteiger partial charge in [-0.05, 0) is 19.1 Å². The quantitative estimate of drug-likeness (QED) is 0.769. The summed E-state index contributed by atoms with van der Waals surface area (Å²) < 4.78 is 13.0. The Balaban J connectivity index is 2.60. The molecule has 2 N–H and O–H groups in total. The Morgan fingerprint density at radius 2 is 2.50 bits per heavy atom. The van der Waals surface area contributed by atoms with E-state index in [1.54, 1.807) is 6.92 Å². The van der Waals surface area contributed by atoms with Crippen LogP contribution in [0.3, 0.4) is 0 Å². The molecule has 76 valence electrons. The van der Waals surface area contributed by atoms with Crippen molar-refractivity contribution in [3.8, 4) is 0 Å². The summed E-state index contributed by atoms with van der Waals surface area (Å²) in [6, 6.07) is 2.39. The zero-order valence-electron chi connectivity index (χ0n) is 7.70. The first-order valence-electron chi connectivity index (χ1n) is 4.18. The number of aromatic nitrogens is 1. The second-order valence-electron chi connectivity index (χ2n) is 2.98. The molecule has 0 aliphatic carbocycles. The van der Waals surface area contributed by atoms with Crippen molar-refractivity contribution >= 4 is 11.8 Å². The summed E-state index contributed by atoms with van der Waals surface area (Å²) in [5, 5.41) is 11.2. The molecule has 1 unspecified atom stereocenters. The number of nitrogens with zero attached hydrogens (tertiary/aromatic N) is 1. The van der Waals surface area contributed by atoms with Crippen molar-refractivity contribution in [2.45, 2.75) is 19.4 Å². The summed E-state index contributed by atoms with van der Waals surface area (Å²) in [5.74, 6) is -1.33. The van der Waals surface area contributed by atoms with Gasteiger partial charge in [0.05, 0.1) is 6.42 Å². The van der Waals surface area contributed by atoms with Crippen LogP contribution in [-0.2, 0) is 4.79 Å². The molecular formula is C9H11FN2O2. The minimum Gasteiger partial charge on any atom is -0.481 e. The fourth-order valence-electron chi connectivity index (χ4n) is 1.04. The number of nitrogens with one attached hydrogen (secondary N) is 1. The topological polar surface area (TPSA) is 62.2 Å². The van der Waals surface area contributed by atoms with Crippen molar-refractivity contribution in [1.82, 2.24) is 4.98 Å². The molecule has 1 aromatic rings. The lowest BCUT2D eigenvalue weighted by Crippen LogP contribution is -2.20. The third kappa shape index (κ3) is 3.01. The van der Waals surface area contributed by atoms with Gasteiger partial charge in [-0.1, -0.05) is 0 Å². The van der Waals surface area contributed by atoms with Gasteiger partial charge in [0.15, 0.2) is 11.6 Å². The first-order chi connectivity index (χ1) is 6.59. The average Bonchev–Trinajstić information content (AvgIpc) is 2.07. The monoisotopic (exact) mass is 198 g/mol. The second-order valence-corrected chi connectivity index (χ2v) is 2.98. The molecule has 0 aliphatic heterocycles. The first-order valence-corrected chi connectivity index (χ1v) is 4.18. The van der Waals surface area contributed by atoms with Crippen LogP contribution in [0.4, 0.5) is 10.2 Å². The van der Waals surface area contributed by atoms with Crippen LogP contribution in [0.1, 0.15) is 13.3 Å². The standard InChI is InChI=1S/C9H11FN2O2/c1-6(5-8(13)14)12-9-7(10)3-2-4-11-9/h2-4,6H,5H2,1H3,(H,11,12)(H,13,14). The molecule has 0 spiro atoms. The van der Waals surface area contributed by atoms with Crippen molar-refractivity contribution in [2.24, 2.45) is 0 Å². The minimum absolute atomic E-state index is 0.0734. The smallest absolute Gasteiger partial charge is 0.305 e. The van der Waals surface area contributed by atoms with Crippen molar-refractivity contribution in [2.75, 3.05) is 5.32 Å². The van der Waals surface area contributed by atoms with Crippen LogP contribution in [0.15, 0.2) is 18.3 Å². The van der Waals surface area contributed by atoms with E-state index >= 15 is 0 Å². The van der Waals surface area contributed by atoms with Crippen molar-refractivity contribution < 1.29 is 14.3 Å². The summed E-state index contributed by atoms with van der Waals surface area (Å²) in [4.78, 5) is 14.1. The zero-order valence-corrected chi connectivity index (χ0v) is 7.70. The Morgan fingerprint density at radius 1 is 1.79 bits per heavy atom. The number of anilines is 1. The van der Waals surface area contributed by atoms with Gasteiger partial charge in [0.25, 0.3) is 0 Å². The number of aliphatic carboxylic acids is 1. The number of halogens is 1. The molecule has 0 bridgehead atoms. The molecule has 0 amide bonds. The summed E-state index contributed by atoms with van der Waals surface area (Å²) >= 11 is 0. The maximum absolute atomic E-state index is 13.0. The molecule has 0 saturated carbocycles. The van der Waals surface area contributed by atoms with Crippen molar-refractivity contribution in [1.29, 1.82) is 0 Å².